The SMILES string of the molecule is CCC[C@@H](CC(=O)NC(C)CCC(=O)O)NC(=O)OCC1c2ccccc2-c2ccccc21. The summed E-state index contributed by atoms with van der Waals surface area (Å²) in [6.45, 7) is 3.98. The number of carbonyl (C=O) groups is 3. The largest absolute Gasteiger partial charge is 0.481 e. The van der Waals surface area contributed by atoms with E-state index in [1.54, 1.807) is 6.92 Å². The van der Waals surface area contributed by atoms with Crippen LogP contribution in [0.3, 0.4) is 0 Å². The summed E-state index contributed by atoms with van der Waals surface area (Å²) in [5, 5.41) is 14.4. The van der Waals surface area contributed by atoms with E-state index in [-0.39, 0.29) is 43.4 Å². The molecule has 3 N–H and O–H groups in total. The average molecular weight is 453 g/mol. The van der Waals surface area contributed by atoms with Crippen molar-refractivity contribution in [3.05, 3.63) is 59.7 Å². The summed E-state index contributed by atoms with van der Waals surface area (Å²) in [4.78, 5) is 35.6. The van der Waals surface area contributed by atoms with Crippen molar-refractivity contribution in [3.8, 4) is 11.1 Å². The molecule has 0 bridgehead atoms. The molecule has 7 nitrogen and oxygen atoms in total. The Balaban J connectivity index is 1.54. The molecule has 2 atom stereocenters. The Hall–Kier alpha value is -3.35. The van der Waals surface area contributed by atoms with Gasteiger partial charge in [-0.15, -0.1) is 0 Å². The molecule has 1 unspecified atom stereocenters. The average Bonchev–Trinajstić information content (AvgIpc) is 3.10. The molecule has 0 spiro atoms. The highest BCUT2D eigenvalue weighted by atomic mass is 16.5. The third kappa shape index (κ3) is 6.57. The molecule has 0 aromatic heterocycles. The topological polar surface area (TPSA) is 105 Å². The molecular weight excluding hydrogens is 420 g/mol. The minimum atomic E-state index is -0.892. The van der Waals surface area contributed by atoms with E-state index in [0.29, 0.717) is 12.8 Å². The van der Waals surface area contributed by atoms with Gasteiger partial charge in [-0.25, -0.2) is 4.79 Å². The molecule has 0 radical (unpaired) electrons. The summed E-state index contributed by atoms with van der Waals surface area (Å²) < 4.78 is 5.60. The lowest BCUT2D eigenvalue weighted by Crippen LogP contribution is -2.41. The predicted molar refractivity (Wildman–Crippen MR) is 126 cm³/mol. The molecule has 2 amide bonds. The first-order valence-corrected chi connectivity index (χ1v) is 11.5. The number of aliphatic carboxylic acids is 1. The first kappa shape index (κ1) is 24.3. The van der Waals surface area contributed by atoms with Crippen molar-refractivity contribution in [1.29, 1.82) is 0 Å². The molecule has 1 aliphatic rings. The van der Waals surface area contributed by atoms with Crippen molar-refractivity contribution in [2.45, 2.75) is 64.0 Å². The van der Waals surface area contributed by atoms with Crippen LogP contribution in [0.25, 0.3) is 11.1 Å². The molecule has 33 heavy (non-hydrogen) atoms. The molecule has 0 saturated heterocycles. The number of carboxylic acids is 1. The van der Waals surface area contributed by atoms with Crippen molar-refractivity contribution >= 4 is 18.0 Å². The Morgan fingerprint density at radius 3 is 2.15 bits per heavy atom. The van der Waals surface area contributed by atoms with Gasteiger partial charge in [0.1, 0.15) is 6.61 Å². The molecule has 1 aliphatic carbocycles. The summed E-state index contributed by atoms with van der Waals surface area (Å²) in [5.74, 6) is -1.13. The summed E-state index contributed by atoms with van der Waals surface area (Å²) in [7, 11) is 0. The number of fused-ring (bicyclic) bond motifs is 3. The minimum absolute atomic E-state index is 0.00215. The molecule has 2 aromatic rings. The van der Waals surface area contributed by atoms with E-state index in [1.165, 1.54) is 11.1 Å². The van der Waals surface area contributed by atoms with Crippen LogP contribution in [0.15, 0.2) is 48.5 Å². The second-order valence-corrected chi connectivity index (χ2v) is 8.56. The van der Waals surface area contributed by atoms with Crippen molar-refractivity contribution in [2.75, 3.05) is 6.61 Å². The Morgan fingerprint density at radius 2 is 1.58 bits per heavy atom. The van der Waals surface area contributed by atoms with E-state index < -0.39 is 12.1 Å². The Morgan fingerprint density at radius 1 is 0.970 bits per heavy atom. The molecule has 0 heterocycles. The lowest BCUT2D eigenvalue weighted by atomic mass is 9.98. The van der Waals surface area contributed by atoms with Crippen LogP contribution in [0, 0.1) is 0 Å². The van der Waals surface area contributed by atoms with Crippen molar-refractivity contribution in [2.24, 2.45) is 0 Å². The first-order valence-electron chi connectivity index (χ1n) is 11.5. The van der Waals surface area contributed by atoms with Gasteiger partial charge in [0.25, 0.3) is 0 Å². The maximum absolute atomic E-state index is 12.6. The quantitative estimate of drug-likeness (QED) is 0.467. The third-order valence-corrected chi connectivity index (χ3v) is 5.93. The van der Waals surface area contributed by atoms with Gasteiger partial charge in [0.15, 0.2) is 0 Å². The number of ether oxygens (including phenoxy) is 1. The maximum atomic E-state index is 12.6. The molecule has 176 valence electrons. The van der Waals surface area contributed by atoms with Crippen LogP contribution in [0.4, 0.5) is 4.79 Å². The summed E-state index contributed by atoms with van der Waals surface area (Å²) in [6, 6.07) is 15.7. The highest BCUT2D eigenvalue weighted by molar-refractivity contribution is 5.79. The van der Waals surface area contributed by atoms with Gasteiger partial charge in [-0.05, 0) is 42.0 Å². The van der Waals surface area contributed by atoms with Gasteiger partial charge >= 0.3 is 12.1 Å². The molecule has 2 aromatic carbocycles. The van der Waals surface area contributed by atoms with Gasteiger partial charge in [-0.2, -0.15) is 0 Å². The van der Waals surface area contributed by atoms with Crippen LogP contribution in [0.2, 0.25) is 0 Å². The van der Waals surface area contributed by atoms with Gasteiger partial charge in [-0.1, -0.05) is 61.9 Å². The van der Waals surface area contributed by atoms with E-state index in [2.05, 4.69) is 34.9 Å². The van der Waals surface area contributed by atoms with Crippen LogP contribution < -0.4 is 10.6 Å². The van der Waals surface area contributed by atoms with E-state index in [4.69, 9.17) is 9.84 Å². The molecule has 0 fully saturated rings. The fourth-order valence-corrected chi connectivity index (χ4v) is 4.35. The van der Waals surface area contributed by atoms with Crippen molar-refractivity contribution in [3.63, 3.8) is 0 Å². The zero-order valence-corrected chi connectivity index (χ0v) is 19.2. The van der Waals surface area contributed by atoms with Crippen molar-refractivity contribution < 1.29 is 24.2 Å². The van der Waals surface area contributed by atoms with E-state index in [9.17, 15) is 14.4 Å². The number of rotatable bonds is 11. The lowest BCUT2D eigenvalue weighted by molar-refractivity contribution is -0.137. The van der Waals surface area contributed by atoms with Crippen LogP contribution in [-0.2, 0) is 14.3 Å². The standard InChI is InChI=1S/C26H32N2O5/c1-3-8-18(15-24(29)27-17(2)13-14-25(30)31)28-26(32)33-16-23-21-11-6-4-9-19(21)20-10-5-7-12-22(20)23/h4-7,9-12,17-18,23H,3,8,13-16H2,1-2H3,(H,27,29)(H,28,32)(H,30,31)/t17?,18-/m0/s1. The molecule has 0 saturated carbocycles. The van der Waals surface area contributed by atoms with E-state index >= 15 is 0 Å². The van der Waals surface area contributed by atoms with Gasteiger partial charge in [0.05, 0.1) is 0 Å². The van der Waals surface area contributed by atoms with Gasteiger partial charge in [-0.3, -0.25) is 9.59 Å². The second-order valence-electron chi connectivity index (χ2n) is 8.56. The Bertz CT molecular complexity index is 945. The number of hydrogen-bond donors (Lipinski definition) is 3. The first-order chi connectivity index (χ1) is 15.9. The van der Waals surface area contributed by atoms with Crippen LogP contribution in [-0.4, -0.2) is 41.8 Å². The minimum Gasteiger partial charge on any atom is -0.481 e. The van der Waals surface area contributed by atoms with Crippen LogP contribution >= 0.6 is 0 Å². The van der Waals surface area contributed by atoms with Gasteiger partial charge in [0.2, 0.25) is 5.91 Å². The van der Waals surface area contributed by atoms with Crippen LogP contribution in [0.5, 0.6) is 0 Å². The second kappa shape index (κ2) is 11.5. The summed E-state index contributed by atoms with van der Waals surface area (Å²) in [6.07, 6.45) is 1.38. The Labute approximate surface area is 194 Å². The summed E-state index contributed by atoms with van der Waals surface area (Å²) >= 11 is 0. The van der Waals surface area contributed by atoms with Gasteiger partial charge < -0.3 is 20.5 Å². The number of hydrogen-bond acceptors (Lipinski definition) is 4. The third-order valence-electron chi connectivity index (χ3n) is 5.93. The van der Waals surface area contributed by atoms with Gasteiger partial charge in [0, 0.05) is 30.8 Å². The van der Waals surface area contributed by atoms with Crippen molar-refractivity contribution in [1.82, 2.24) is 10.6 Å². The zero-order valence-electron chi connectivity index (χ0n) is 19.2. The zero-order chi connectivity index (χ0) is 23.8. The monoisotopic (exact) mass is 452 g/mol. The number of amides is 2. The maximum Gasteiger partial charge on any atom is 0.407 e. The lowest BCUT2D eigenvalue weighted by Gasteiger charge is -2.20. The van der Waals surface area contributed by atoms with E-state index in [1.807, 2.05) is 31.2 Å². The fraction of sp³-hybridized carbons (Fsp3) is 0.423. The number of carboxylic acid groups (broad SMARTS) is 1. The molecule has 3 rings (SSSR count). The summed E-state index contributed by atoms with van der Waals surface area (Å²) in [5.41, 5.74) is 4.62. The molecular formula is C26H32N2O5. The number of nitrogens with one attached hydrogen (secondary N) is 2. The fourth-order valence-electron chi connectivity index (χ4n) is 4.35. The number of carbonyl (C=O) groups excluding carboxylic acids is 2. The normalized spacial score (nSPS) is 14.0. The molecule has 0 aliphatic heterocycles. The molecule has 7 heteroatoms. The highest BCUT2D eigenvalue weighted by Crippen LogP contribution is 2.44. The predicted octanol–water partition coefficient (Wildman–Crippen LogP) is 4.45. The highest BCUT2D eigenvalue weighted by Gasteiger charge is 2.29. The van der Waals surface area contributed by atoms with Crippen LogP contribution in [0.1, 0.15) is 63.0 Å². The number of benzene rings is 2. The Kier molecular flexibility index (Phi) is 8.46. The number of alkyl carbamates (subject to hydrolysis) is 1. The van der Waals surface area contributed by atoms with E-state index in [0.717, 1.165) is 17.5 Å². The smallest absolute Gasteiger partial charge is 0.407 e.